The SMILES string of the molecule is NC(=O)C#Cc1cc(C(F)(F)F)ccc1N. The quantitative estimate of drug-likeness (QED) is 0.516. The Morgan fingerprint density at radius 1 is 1.31 bits per heavy atom. The molecule has 84 valence electrons. The van der Waals surface area contributed by atoms with Crippen LogP contribution in [0.4, 0.5) is 18.9 Å². The van der Waals surface area contributed by atoms with Gasteiger partial charge in [0.1, 0.15) is 0 Å². The van der Waals surface area contributed by atoms with E-state index in [1.165, 1.54) is 0 Å². The van der Waals surface area contributed by atoms with Gasteiger partial charge in [0.25, 0.3) is 5.91 Å². The van der Waals surface area contributed by atoms with Gasteiger partial charge >= 0.3 is 6.18 Å². The van der Waals surface area contributed by atoms with Crippen molar-refractivity contribution in [1.29, 1.82) is 0 Å². The number of nitrogen functional groups attached to an aromatic ring is 1. The van der Waals surface area contributed by atoms with Crippen molar-refractivity contribution >= 4 is 11.6 Å². The zero-order valence-corrected chi connectivity index (χ0v) is 7.93. The zero-order valence-electron chi connectivity index (χ0n) is 7.93. The summed E-state index contributed by atoms with van der Waals surface area (Å²) in [6.45, 7) is 0. The molecule has 1 amide bonds. The number of hydrogen-bond acceptors (Lipinski definition) is 2. The second-order valence-electron chi connectivity index (χ2n) is 2.91. The van der Waals surface area contributed by atoms with Crippen molar-refractivity contribution in [2.45, 2.75) is 6.18 Å². The summed E-state index contributed by atoms with van der Waals surface area (Å²) >= 11 is 0. The van der Waals surface area contributed by atoms with Crippen molar-refractivity contribution in [3.8, 4) is 11.8 Å². The topological polar surface area (TPSA) is 69.1 Å². The summed E-state index contributed by atoms with van der Waals surface area (Å²) < 4.78 is 37.0. The van der Waals surface area contributed by atoms with Crippen LogP contribution < -0.4 is 11.5 Å². The first kappa shape index (κ1) is 11.9. The van der Waals surface area contributed by atoms with Crippen molar-refractivity contribution in [2.24, 2.45) is 5.73 Å². The van der Waals surface area contributed by atoms with Crippen molar-refractivity contribution in [3.05, 3.63) is 29.3 Å². The van der Waals surface area contributed by atoms with E-state index < -0.39 is 17.6 Å². The molecule has 0 aliphatic rings. The predicted molar refractivity (Wildman–Crippen MR) is 51.9 cm³/mol. The summed E-state index contributed by atoms with van der Waals surface area (Å²) in [5, 5.41) is 0. The van der Waals surface area contributed by atoms with Crippen LogP contribution >= 0.6 is 0 Å². The molecule has 0 aliphatic carbocycles. The number of carbonyl (C=O) groups excluding carboxylic acids is 1. The molecule has 1 aromatic carbocycles. The molecule has 0 saturated carbocycles. The van der Waals surface area contributed by atoms with Crippen molar-refractivity contribution in [1.82, 2.24) is 0 Å². The average Bonchev–Trinajstić information content (AvgIpc) is 2.14. The maximum atomic E-state index is 12.3. The lowest BCUT2D eigenvalue weighted by molar-refractivity contribution is -0.137. The Kier molecular flexibility index (Phi) is 3.09. The Labute approximate surface area is 89.2 Å². The monoisotopic (exact) mass is 228 g/mol. The lowest BCUT2D eigenvalue weighted by Gasteiger charge is -2.07. The zero-order chi connectivity index (χ0) is 12.3. The van der Waals surface area contributed by atoms with Gasteiger partial charge in [-0.1, -0.05) is 5.92 Å². The first-order valence-electron chi connectivity index (χ1n) is 4.09. The third-order valence-corrected chi connectivity index (χ3v) is 1.70. The van der Waals surface area contributed by atoms with Crippen LogP contribution in [0.15, 0.2) is 18.2 Å². The second kappa shape index (κ2) is 4.14. The largest absolute Gasteiger partial charge is 0.416 e. The maximum absolute atomic E-state index is 12.3. The van der Waals surface area contributed by atoms with Crippen LogP contribution in [0.2, 0.25) is 0 Å². The second-order valence-corrected chi connectivity index (χ2v) is 2.91. The van der Waals surface area contributed by atoms with Gasteiger partial charge < -0.3 is 11.5 Å². The van der Waals surface area contributed by atoms with Crippen molar-refractivity contribution in [2.75, 3.05) is 5.73 Å². The molecule has 16 heavy (non-hydrogen) atoms. The third-order valence-electron chi connectivity index (χ3n) is 1.70. The van der Waals surface area contributed by atoms with Gasteiger partial charge in [-0.15, -0.1) is 0 Å². The Bertz CT molecular complexity index is 483. The summed E-state index contributed by atoms with van der Waals surface area (Å²) in [6, 6.07) is 2.68. The number of carbonyl (C=O) groups is 1. The first-order valence-corrected chi connectivity index (χ1v) is 4.09. The summed E-state index contributed by atoms with van der Waals surface area (Å²) in [6.07, 6.45) is -4.48. The molecule has 0 spiro atoms. The van der Waals surface area contributed by atoms with E-state index in [4.69, 9.17) is 11.5 Å². The minimum Gasteiger partial charge on any atom is -0.398 e. The molecule has 1 aromatic rings. The fourth-order valence-electron chi connectivity index (χ4n) is 0.970. The molecule has 0 heterocycles. The van der Waals surface area contributed by atoms with Gasteiger partial charge in [0.05, 0.1) is 5.56 Å². The summed E-state index contributed by atoms with van der Waals surface area (Å²) in [5.41, 5.74) is 9.24. The lowest BCUT2D eigenvalue weighted by atomic mass is 10.1. The average molecular weight is 228 g/mol. The number of amides is 1. The van der Waals surface area contributed by atoms with Crippen LogP contribution in [-0.4, -0.2) is 5.91 Å². The highest BCUT2D eigenvalue weighted by molar-refractivity contribution is 5.92. The lowest BCUT2D eigenvalue weighted by Crippen LogP contribution is -2.07. The van der Waals surface area contributed by atoms with E-state index in [0.29, 0.717) is 0 Å². The van der Waals surface area contributed by atoms with E-state index in [1.807, 2.05) is 5.92 Å². The fourth-order valence-corrected chi connectivity index (χ4v) is 0.970. The van der Waals surface area contributed by atoms with E-state index in [0.717, 1.165) is 18.2 Å². The molecule has 0 aliphatic heterocycles. The van der Waals surface area contributed by atoms with Gasteiger partial charge in [-0.2, -0.15) is 13.2 Å². The molecule has 4 N–H and O–H groups in total. The van der Waals surface area contributed by atoms with Crippen LogP contribution in [0.3, 0.4) is 0 Å². The summed E-state index contributed by atoms with van der Waals surface area (Å²) in [7, 11) is 0. The highest BCUT2D eigenvalue weighted by Gasteiger charge is 2.30. The molecule has 0 bridgehead atoms. The molecule has 0 fully saturated rings. The van der Waals surface area contributed by atoms with Gasteiger partial charge in [-0.25, -0.2) is 0 Å². The number of hydrogen-bond donors (Lipinski definition) is 2. The number of nitrogens with two attached hydrogens (primary N) is 2. The van der Waals surface area contributed by atoms with Gasteiger partial charge in [0.2, 0.25) is 0 Å². The minimum absolute atomic E-state index is 0.0572. The number of halogens is 3. The third kappa shape index (κ3) is 2.92. The number of anilines is 1. The minimum atomic E-state index is -4.48. The normalized spacial score (nSPS) is 10.4. The Morgan fingerprint density at radius 3 is 2.44 bits per heavy atom. The molecule has 3 nitrogen and oxygen atoms in total. The summed E-state index contributed by atoms with van der Waals surface area (Å²) in [4.78, 5) is 10.4. The molecular weight excluding hydrogens is 221 g/mol. The first-order chi connectivity index (χ1) is 7.30. The highest BCUT2D eigenvalue weighted by Crippen LogP contribution is 2.30. The van der Waals surface area contributed by atoms with E-state index in [-0.39, 0.29) is 11.3 Å². The van der Waals surface area contributed by atoms with Crippen molar-refractivity contribution < 1.29 is 18.0 Å². The Hall–Kier alpha value is -2.16. The number of rotatable bonds is 0. The van der Waals surface area contributed by atoms with Crippen LogP contribution in [0, 0.1) is 11.8 Å². The molecule has 0 radical (unpaired) electrons. The van der Waals surface area contributed by atoms with E-state index >= 15 is 0 Å². The molecule has 0 saturated heterocycles. The van der Waals surface area contributed by atoms with Crippen LogP contribution in [0.5, 0.6) is 0 Å². The number of benzene rings is 1. The molecule has 6 heteroatoms. The van der Waals surface area contributed by atoms with Crippen LogP contribution in [-0.2, 0) is 11.0 Å². The highest BCUT2D eigenvalue weighted by atomic mass is 19.4. The van der Waals surface area contributed by atoms with Crippen LogP contribution in [0.1, 0.15) is 11.1 Å². The number of primary amides is 1. The summed E-state index contributed by atoms with van der Waals surface area (Å²) in [5.74, 6) is 3.16. The van der Waals surface area contributed by atoms with E-state index in [2.05, 4.69) is 5.92 Å². The van der Waals surface area contributed by atoms with Gasteiger partial charge in [0, 0.05) is 17.2 Å². The molecule has 0 unspecified atom stereocenters. The standard InChI is InChI=1S/C10H7F3N2O/c11-10(12,13)7-2-3-8(14)6(5-7)1-4-9(15)16/h2-3,5H,14H2,(H2,15,16). The molecule has 1 rings (SSSR count). The van der Waals surface area contributed by atoms with Crippen LogP contribution in [0.25, 0.3) is 0 Å². The van der Waals surface area contributed by atoms with Gasteiger partial charge in [-0.05, 0) is 18.2 Å². The molecule has 0 aromatic heterocycles. The molecule has 0 atom stereocenters. The Balaban J connectivity index is 3.21. The Morgan fingerprint density at radius 2 is 1.94 bits per heavy atom. The predicted octanol–water partition coefficient (Wildman–Crippen LogP) is 1.12. The number of alkyl halides is 3. The van der Waals surface area contributed by atoms with Crippen molar-refractivity contribution in [3.63, 3.8) is 0 Å². The molecular formula is C10H7F3N2O. The van der Waals surface area contributed by atoms with E-state index in [9.17, 15) is 18.0 Å². The fraction of sp³-hybridized carbons (Fsp3) is 0.100. The maximum Gasteiger partial charge on any atom is 0.416 e. The smallest absolute Gasteiger partial charge is 0.398 e. The van der Waals surface area contributed by atoms with E-state index in [1.54, 1.807) is 0 Å². The van der Waals surface area contributed by atoms with Gasteiger partial charge in [-0.3, -0.25) is 4.79 Å². The van der Waals surface area contributed by atoms with Gasteiger partial charge in [0.15, 0.2) is 0 Å².